The quantitative estimate of drug-likeness (QED) is 0.0981. The summed E-state index contributed by atoms with van der Waals surface area (Å²) >= 11 is 0. The molecule has 8 nitrogen and oxygen atoms in total. The predicted molar refractivity (Wildman–Crippen MR) is 222 cm³/mol. The number of ether oxygens (including phenoxy) is 1. The molecular formula is C49H44N4O4. The number of amides is 2. The molecule has 1 aliphatic rings. The van der Waals surface area contributed by atoms with Gasteiger partial charge < -0.3 is 25.0 Å². The van der Waals surface area contributed by atoms with Crippen molar-refractivity contribution in [2.75, 3.05) is 13.2 Å². The standard InChI is InChI=1S/C49H44N4O4/c54-32-40(29-35-17-5-1-6-18-35)51-47(55)46(52-48(56)57-33-45-43-27-15-13-25-41(43)42-26-14-16-28-44(42)45)30-39-31-53(34-50-39)49(36-19-7-2-8-20-36,37-21-9-3-10-22-37)38-23-11-4-12-24-38/h1-28,31,34,40,45-46,54H,29-30,32-33H2,(H,51,55)(H,52,56)/t40-,46+/m1/s1. The van der Waals surface area contributed by atoms with Crippen LogP contribution in [0.2, 0.25) is 0 Å². The number of aromatic nitrogens is 2. The Bertz CT molecular complexity index is 2280. The summed E-state index contributed by atoms with van der Waals surface area (Å²) in [5.41, 5.74) is 8.29. The summed E-state index contributed by atoms with van der Waals surface area (Å²) in [5, 5.41) is 16.2. The zero-order chi connectivity index (χ0) is 39.0. The van der Waals surface area contributed by atoms with Gasteiger partial charge >= 0.3 is 6.09 Å². The molecule has 0 aliphatic heterocycles. The van der Waals surface area contributed by atoms with Gasteiger partial charge in [-0.2, -0.15) is 0 Å². The van der Waals surface area contributed by atoms with Crippen molar-refractivity contribution in [3.05, 3.63) is 221 Å². The Morgan fingerprint density at radius 3 is 1.67 bits per heavy atom. The summed E-state index contributed by atoms with van der Waals surface area (Å²) in [6, 6.07) is 55.1. The average molecular weight is 753 g/mol. The van der Waals surface area contributed by atoms with Crippen LogP contribution in [-0.4, -0.2) is 52.0 Å². The maximum Gasteiger partial charge on any atom is 0.407 e. The molecule has 1 aromatic heterocycles. The molecular weight excluding hydrogens is 709 g/mol. The van der Waals surface area contributed by atoms with E-state index in [4.69, 9.17) is 9.72 Å². The number of hydrogen-bond acceptors (Lipinski definition) is 5. The van der Waals surface area contributed by atoms with Crippen LogP contribution in [0.25, 0.3) is 11.1 Å². The Kier molecular flexibility index (Phi) is 11.0. The normalized spacial score (nSPS) is 13.2. The van der Waals surface area contributed by atoms with Gasteiger partial charge in [0.1, 0.15) is 18.2 Å². The highest BCUT2D eigenvalue weighted by molar-refractivity contribution is 5.86. The first-order chi connectivity index (χ1) is 28.0. The first kappa shape index (κ1) is 37.2. The van der Waals surface area contributed by atoms with Gasteiger partial charge in [-0.05, 0) is 50.9 Å². The molecule has 1 aliphatic carbocycles. The number of benzene rings is 6. The first-order valence-corrected chi connectivity index (χ1v) is 19.3. The van der Waals surface area contributed by atoms with E-state index in [1.807, 2.05) is 115 Å². The van der Waals surface area contributed by atoms with Gasteiger partial charge in [-0.3, -0.25) is 4.79 Å². The lowest BCUT2D eigenvalue weighted by Crippen LogP contribution is -2.52. The summed E-state index contributed by atoms with van der Waals surface area (Å²) in [7, 11) is 0. The highest BCUT2D eigenvalue weighted by Crippen LogP contribution is 2.45. The van der Waals surface area contributed by atoms with Crippen molar-refractivity contribution in [1.82, 2.24) is 20.2 Å². The molecule has 0 spiro atoms. The SMILES string of the molecule is O=C(N[C@@H](Cc1cn(C(c2ccccc2)(c2ccccc2)c2ccccc2)cn1)C(=O)N[C@@H](CO)Cc1ccccc1)OCC1c2ccccc2-c2ccccc21. The number of aliphatic hydroxyl groups is 1. The number of aliphatic hydroxyl groups excluding tert-OH is 1. The molecule has 0 bridgehead atoms. The van der Waals surface area contributed by atoms with Crippen molar-refractivity contribution < 1.29 is 19.4 Å². The number of nitrogens with one attached hydrogen (secondary N) is 2. The minimum atomic E-state index is -1.06. The Balaban J connectivity index is 1.09. The van der Waals surface area contributed by atoms with Crippen LogP contribution in [0.4, 0.5) is 4.79 Å². The van der Waals surface area contributed by atoms with Gasteiger partial charge in [0.15, 0.2) is 0 Å². The van der Waals surface area contributed by atoms with Gasteiger partial charge in [-0.1, -0.05) is 170 Å². The molecule has 7 aromatic rings. The van der Waals surface area contributed by atoms with Crippen LogP contribution in [0, 0.1) is 0 Å². The van der Waals surface area contributed by atoms with Crippen molar-refractivity contribution >= 4 is 12.0 Å². The lowest BCUT2D eigenvalue weighted by Gasteiger charge is -2.37. The number of hydrogen-bond donors (Lipinski definition) is 3. The van der Waals surface area contributed by atoms with Crippen LogP contribution in [0.3, 0.4) is 0 Å². The third kappa shape index (κ3) is 7.72. The lowest BCUT2D eigenvalue weighted by atomic mass is 9.77. The molecule has 2 atom stereocenters. The molecule has 6 aromatic carbocycles. The number of fused-ring (bicyclic) bond motifs is 3. The molecule has 1 heterocycles. The van der Waals surface area contributed by atoms with Crippen molar-refractivity contribution in [3.63, 3.8) is 0 Å². The Morgan fingerprint density at radius 1 is 0.649 bits per heavy atom. The molecule has 57 heavy (non-hydrogen) atoms. The van der Waals surface area contributed by atoms with E-state index in [0.717, 1.165) is 44.5 Å². The van der Waals surface area contributed by atoms with Crippen LogP contribution >= 0.6 is 0 Å². The fraction of sp³-hybridized carbons (Fsp3) is 0.163. The number of imidazole rings is 1. The zero-order valence-electron chi connectivity index (χ0n) is 31.4. The van der Waals surface area contributed by atoms with Gasteiger partial charge in [-0.15, -0.1) is 0 Å². The van der Waals surface area contributed by atoms with E-state index in [-0.39, 0.29) is 25.6 Å². The van der Waals surface area contributed by atoms with Crippen molar-refractivity contribution in [3.8, 4) is 11.1 Å². The fourth-order valence-corrected chi connectivity index (χ4v) is 8.20. The molecule has 0 saturated heterocycles. The minimum absolute atomic E-state index is 0.0704. The van der Waals surface area contributed by atoms with Gasteiger partial charge in [-0.25, -0.2) is 9.78 Å². The van der Waals surface area contributed by atoms with E-state index < -0.39 is 29.6 Å². The zero-order valence-corrected chi connectivity index (χ0v) is 31.4. The van der Waals surface area contributed by atoms with Crippen molar-refractivity contribution in [2.24, 2.45) is 0 Å². The van der Waals surface area contributed by atoms with E-state index in [9.17, 15) is 14.7 Å². The second-order valence-corrected chi connectivity index (χ2v) is 14.4. The first-order valence-electron chi connectivity index (χ1n) is 19.3. The minimum Gasteiger partial charge on any atom is -0.449 e. The van der Waals surface area contributed by atoms with Crippen LogP contribution in [0.1, 0.15) is 45.0 Å². The second-order valence-electron chi connectivity index (χ2n) is 14.4. The topological polar surface area (TPSA) is 105 Å². The fourth-order valence-electron chi connectivity index (χ4n) is 8.20. The molecule has 8 rings (SSSR count). The number of nitrogens with zero attached hydrogens (tertiary/aromatic N) is 2. The van der Waals surface area contributed by atoms with E-state index in [1.54, 1.807) is 6.33 Å². The number of rotatable bonds is 14. The van der Waals surface area contributed by atoms with E-state index >= 15 is 0 Å². The van der Waals surface area contributed by atoms with E-state index in [1.165, 1.54) is 0 Å². The number of carbonyl (C=O) groups is 2. The molecule has 0 radical (unpaired) electrons. The molecule has 284 valence electrons. The van der Waals surface area contributed by atoms with Crippen LogP contribution < -0.4 is 10.6 Å². The maximum atomic E-state index is 14.2. The molecule has 0 unspecified atom stereocenters. The Hall–Kier alpha value is -6.77. The highest BCUT2D eigenvalue weighted by atomic mass is 16.5. The summed E-state index contributed by atoms with van der Waals surface area (Å²) in [6.45, 7) is -0.176. The average Bonchev–Trinajstić information content (AvgIpc) is 3.87. The van der Waals surface area contributed by atoms with Crippen LogP contribution in [-0.2, 0) is 27.9 Å². The van der Waals surface area contributed by atoms with Gasteiger partial charge in [0, 0.05) is 18.5 Å². The van der Waals surface area contributed by atoms with Crippen molar-refractivity contribution in [1.29, 1.82) is 0 Å². The monoisotopic (exact) mass is 752 g/mol. The van der Waals surface area contributed by atoms with E-state index in [0.29, 0.717) is 12.1 Å². The third-order valence-corrected chi connectivity index (χ3v) is 10.9. The summed E-state index contributed by atoms with van der Waals surface area (Å²) in [5.74, 6) is -0.591. The third-order valence-electron chi connectivity index (χ3n) is 10.9. The summed E-state index contributed by atoms with van der Waals surface area (Å²) in [6.07, 6.45) is 3.51. The predicted octanol–water partition coefficient (Wildman–Crippen LogP) is 7.89. The van der Waals surface area contributed by atoms with Crippen LogP contribution in [0.15, 0.2) is 182 Å². The largest absolute Gasteiger partial charge is 0.449 e. The number of carbonyl (C=O) groups excluding carboxylic acids is 2. The molecule has 0 saturated carbocycles. The number of alkyl carbamates (subject to hydrolysis) is 1. The second kappa shape index (κ2) is 16.9. The highest BCUT2D eigenvalue weighted by Gasteiger charge is 2.39. The maximum absolute atomic E-state index is 14.2. The lowest BCUT2D eigenvalue weighted by molar-refractivity contribution is -0.124. The Labute approximate surface area is 332 Å². The summed E-state index contributed by atoms with van der Waals surface area (Å²) < 4.78 is 7.99. The van der Waals surface area contributed by atoms with Gasteiger partial charge in [0.25, 0.3) is 0 Å². The van der Waals surface area contributed by atoms with Crippen LogP contribution in [0.5, 0.6) is 0 Å². The van der Waals surface area contributed by atoms with E-state index in [2.05, 4.69) is 75.9 Å². The summed E-state index contributed by atoms with van der Waals surface area (Å²) in [4.78, 5) is 32.7. The molecule has 3 N–H and O–H groups in total. The van der Waals surface area contributed by atoms with Crippen molar-refractivity contribution in [2.45, 2.75) is 36.4 Å². The van der Waals surface area contributed by atoms with Gasteiger partial charge in [0.05, 0.1) is 24.7 Å². The molecule has 0 fully saturated rings. The molecule has 2 amide bonds. The Morgan fingerprint density at radius 2 is 1.14 bits per heavy atom. The smallest absolute Gasteiger partial charge is 0.407 e. The molecule has 8 heteroatoms. The van der Waals surface area contributed by atoms with Gasteiger partial charge in [0.2, 0.25) is 5.91 Å².